The number of anilines is 1. The summed E-state index contributed by atoms with van der Waals surface area (Å²) in [4.78, 5) is 15.9. The van der Waals surface area contributed by atoms with Crippen molar-refractivity contribution < 1.29 is 4.79 Å². The fraction of sp³-hybridized carbons (Fsp3) is 0.455. The fourth-order valence-electron chi connectivity index (χ4n) is 1.29. The second kappa shape index (κ2) is 5.96. The zero-order valence-corrected chi connectivity index (χ0v) is 11.0. The van der Waals surface area contributed by atoms with E-state index in [0.717, 1.165) is 10.0 Å². The van der Waals surface area contributed by atoms with E-state index >= 15 is 0 Å². The van der Waals surface area contributed by atoms with Crippen LogP contribution in [0, 0.1) is 12.8 Å². The van der Waals surface area contributed by atoms with E-state index < -0.39 is 0 Å². The second-order valence-corrected chi connectivity index (χ2v) is 4.70. The Morgan fingerprint density at radius 2 is 2.38 bits per heavy atom. The second-order valence-electron chi connectivity index (χ2n) is 3.79. The van der Waals surface area contributed by atoms with E-state index in [1.807, 2.05) is 19.9 Å². The summed E-state index contributed by atoms with van der Waals surface area (Å²) in [5.41, 5.74) is 6.34. The molecule has 1 aromatic rings. The molecule has 0 aromatic carbocycles. The monoisotopic (exact) mass is 285 g/mol. The molecule has 0 aliphatic rings. The first kappa shape index (κ1) is 13.1. The largest absolute Gasteiger partial charge is 0.330 e. The van der Waals surface area contributed by atoms with Crippen molar-refractivity contribution in [3.05, 3.63) is 22.3 Å². The zero-order valence-electron chi connectivity index (χ0n) is 9.46. The van der Waals surface area contributed by atoms with Crippen molar-refractivity contribution in [3.8, 4) is 0 Å². The fourth-order valence-corrected chi connectivity index (χ4v) is 1.74. The van der Waals surface area contributed by atoms with Gasteiger partial charge in [0, 0.05) is 16.6 Å². The van der Waals surface area contributed by atoms with Gasteiger partial charge in [0.25, 0.3) is 0 Å². The van der Waals surface area contributed by atoms with Gasteiger partial charge in [-0.2, -0.15) is 0 Å². The van der Waals surface area contributed by atoms with Crippen molar-refractivity contribution in [2.45, 2.75) is 20.3 Å². The first-order valence-corrected chi connectivity index (χ1v) is 5.97. The zero-order chi connectivity index (χ0) is 12.1. The highest BCUT2D eigenvalue weighted by molar-refractivity contribution is 9.10. The molecule has 3 N–H and O–H groups in total. The van der Waals surface area contributed by atoms with E-state index in [4.69, 9.17) is 5.73 Å². The maximum absolute atomic E-state index is 11.7. The number of rotatable bonds is 4. The molecule has 1 aromatic heterocycles. The van der Waals surface area contributed by atoms with E-state index in [0.29, 0.717) is 18.8 Å². The molecule has 1 amide bonds. The number of aryl methyl sites for hydroxylation is 1. The highest BCUT2D eigenvalue weighted by Crippen LogP contribution is 2.17. The van der Waals surface area contributed by atoms with Gasteiger partial charge in [0.2, 0.25) is 5.91 Å². The number of carbonyl (C=O) groups is 1. The Bertz CT molecular complexity index is 381. The lowest BCUT2D eigenvalue weighted by Crippen LogP contribution is -2.23. The van der Waals surface area contributed by atoms with E-state index in [-0.39, 0.29) is 11.8 Å². The maximum atomic E-state index is 11.7. The van der Waals surface area contributed by atoms with Gasteiger partial charge in [-0.1, -0.05) is 6.92 Å². The molecule has 0 saturated carbocycles. The van der Waals surface area contributed by atoms with Gasteiger partial charge in [-0.05, 0) is 47.4 Å². The molecular formula is C11H16BrN3O. The van der Waals surface area contributed by atoms with Crippen LogP contribution in [0.1, 0.15) is 18.9 Å². The molecule has 0 spiro atoms. The summed E-state index contributed by atoms with van der Waals surface area (Å²) in [6.45, 7) is 4.28. The number of hydrogen-bond acceptors (Lipinski definition) is 3. The Kier molecular flexibility index (Phi) is 4.89. The highest BCUT2D eigenvalue weighted by atomic mass is 79.9. The van der Waals surface area contributed by atoms with Gasteiger partial charge in [0.05, 0.1) is 0 Å². The molecule has 0 fully saturated rings. The summed E-state index contributed by atoms with van der Waals surface area (Å²) < 4.78 is 0.901. The number of carbonyl (C=O) groups excluding carboxylic acids is 1. The van der Waals surface area contributed by atoms with Crippen molar-refractivity contribution in [2.75, 3.05) is 11.9 Å². The average Bonchev–Trinajstić information content (AvgIpc) is 2.22. The van der Waals surface area contributed by atoms with Gasteiger partial charge in [0.15, 0.2) is 0 Å². The smallest absolute Gasteiger partial charge is 0.228 e. The van der Waals surface area contributed by atoms with Gasteiger partial charge < -0.3 is 11.1 Å². The van der Waals surface area contributed by atoms with Crippen molar-refractivity contribution in [2.24, 2.45) is 11.7 Å². The predicted molar refractivity (Wildman–Crippen MR) is 68.1 cm³/mol. The van der Waals surface area contributed by atoms with Crippen LogP contribution in [0.15, 0.2) is 16.7 Å². The summed E-state index contributed by atoms with van der Waals surface area (Å²) in [5, 5.41) is 2.80. The number of nitrogens with zero attached hydrogens (tertiary/aromatic N) is 1. The maximum Gasteiger partial charge on any atom is 0.228 e. The molecule has 88 valence electrons. The van der Waals surface area contributed by atoms with Crippen LogP contribution in [0.2, 0.25) is 0 Å². The first-order valence-electron chi connectivity index (χ1n) is 5.17. The van der Waals surface area contributed by atoms with E-state index in [1.54, 1.807) is 6.20 Å². The van der Waals surface area contributed by atoms with Gasteiger partial charge >= 0.3 is 0 Å². The number of hydrogen-bond donors (Lipinski definition) is 2. The molecule has 1 unspecified atom stereocenters. The molecule has 0 saturated heterocycles. The third-order valence-corrected chi connectivity index (χ3v) is 2.77. The van der Waals surface area contributed by atoms with Gasteiger partial charge in [-0.15, -0.1) is 0 Å². The van der Waals surface area contributed by atoms with Crippen LogP contribution < -0.4 is 11.1 Å². The topological polar surface area (TPSA) is 68.0 Å². The quantitative estimate of drug-likeness (QED) is 0.890. The van der Waals surface area contributed by atoms with Crippen molar-refractivity contribution in [1.29, 1.82) is 0 Å². The Balaban J connectivity index is 2.69. The van der Waals surface area contributed by atoms with Gasteiger partial charge in [0.1, 0.15) is 5.82 Å². The SMILES string of the molecule is Cc1cc(Br)cnc1NC(=O)C(C)CCN. The van der Waals surface area contributed by atoms with Crippen molar-refractivity contribution >= 4 is 27.7 Å². The highest BCUT2D eigenvalue weighted by Gasteiger charge is 2.13. The minimum atomic E-state index is -0.0881. The number of halogens is 1. The van der Waals surface area contributed by atoms with Crippen LogP contribution >= 0.6 is 15.9 Å². The summed E-state index contributed by atoms with van der Waals surface area (Å²) in [6, 6.07) is 1.91. The lowest BCUT2D eigenvalue weighted by Gasteiger charge is -2.12. The molecule has 1 atom stereocenters. The van der Waals surface area contributed by atoms with E-state index in [9.17, 15) is 4.79 Å². The van der Waals surface area contributed by atoms with Gasteiger partial charge in [-0.25, -0.2) is 4.98 Å². The van der Waals surface area contributed by atoms with E-state index in [1.165, 1.54) is 0 Å². The molecule has 4 nitrogen and oxygen atoms in total. The Morgan fingerprint density at radius 3 is 2.94 bits per heavy atom. The number of pyridine rings is 1. The predicted octanol–water partition coefficient (Wildman–Crippen LogP) is 2.08. The Hall–Kier alpha value is -0.940. The molecular weight excluding hydrogens is 270 g/mol. The Labute approximate surface area is 104 Å². The molecule has 1 rings (SSSR count). The number of amides is 1. The van der Waals surface area contributed by atoms with E-state index in [2.05, 4.69) is 26.2 Å². The molecule has 0 radical (unpaired) electrons. The first-order chi connectivity index (χ1) is 7.54. The lowest BCUT2D eigenvalue weighted by atomic mass is 10.1. The third-order valence-electron chi connectivity index (χ3n) is 2.33. The molecule has 0 aliphatic carbocycles. The normalized spacial score (nSPS) is 12.2. The standard InChI is InChI=1S/C11H16BrN3O/c1-7(3-4-13)11(16)15-10-8(2)5-9(12)6-14-10/h5-7H,3-4,13H2,1-2H3,(H,14,15,16). The third kappa shape index (κ3) is 3.57. The van der Waals surface area contributed by atoms with Crippen LogP contribution in [0.4, 0.5) is 5.82 Å². The van der Waals surface area contributed by atoms with Crippen molar-refractivity contribution in [1.82, 2.24) is 4.98 Å². The Morgan fingerprint density at radius 1 is 1.69 bits per heavy atom. The summed E-state index contributed by atoms with van der Waals surface area (Å²) in [5.74, 6) is 0.482. The summed E-state index contributed by atoms with van der Waals surface area (Å²) in [7, 11) is 0. The van der Waals surface area contributed by atoms with Gasteiger partial charge in [-0.3, -0.25) is 4.79 Å². The van der Waals surface area contributed by atoms with Crippen molar-refractivity contribution in [3.63, 3.8) is 0 Å². The average molecular weight is 286 g/mol. The lowest BCUT2D eigenvalue weighted by molar-refractivity contribution is -0.119. The number of nitrogens with two attached hydrogens (primary N) is 1. The summed E-state index contributed by atoms with van der Waals surface area (Å²) >= 11 is 3.32. The minimum Gasteiger partial charge on any atom is -0.330 e. The van der Waals surface area contributed by atoms with Crippen LogP contribution in [-0.2, 0) is 4.79 Å². The summed E-state index contributed by atoms with van der Waals surface area (Å²) in [6.07, 6.45) is 2.34. The molecule has 1 heterocycles. The molecule has 0 aliphatic heterocycles. The van der Waals surface area contributed by atoms with Crippen LogP contribution in [0.3, 0.4) is 0 Å². The minimum absolute atomic E-state index is 0.0385. The molecule has 16 heavy (non-hydrogen) atoms. The van der Waals surface area contributed by atoms with Crippen LogP contribution in [0.25, 0.3) is 0 Å². The van der Waals surface area contributed by atoms with Crippen LogP contribution in [0.5, 0.6) is 0 Å². The molecule has 0 bridgehead atoms. The molecule has 5 heteroatoms. The van der Waals surface area contributed by atoms with Crippen LogP contribution in [-0.4, -0.2) is 17.4 Å². The number of nitrogens with one attached hydrogen (secondary N) is 1. The number of aromatic nitrogens is 1.